The van der Waals surface area contributed by atoms with Crippen LogP contribution in [0.1, 0.15) is 38.2 Å². The van der Waals surface area contributed by atoms with E-state index in [1.54, 1.807) is 12.4 Å². The molecule has 0 spiro atoms. The number of aromatic nitrogens is 1. The molecule has 0 aromatic carbocycles. The fourth-order valence-corrected chi connectivity index (χ4v) is 2.49. The van der Waals surface area contributed by atoms with Crippen LogP contribution >= 0.6 is 0 Å². The lowest BCUT2D eigenvalue weighted by Crippen LogP contribution is -2.32. The molecule has 1 aromatic heterocycles. The maximum Gasteiger partial charge on any atom is 0.220 e. The summed E-state index contributed by atoms with van der Waals surface area (Å²) in [5.41, 5.74) is 1.09. The Hall–Kier alpha value is -1.42. The van der Waals surface area contributed by atoms with Crippen molar-refractivity contribution in [1.82, 2.24) is 15.2 Å². The first-order valence-corrected chi connectivity index (χ1v) is 7.15. The zero-order chi connectivity index (χ0) is 13.5. The van der Waals surface area contributed by atoms with Gasteiger partial charge in [-0.1, -0.05) is 0 Å². The molecule has 1 aliphatic heterocycles. The van der Waals surface area contributed by atoms with Crippen LogP contribution in [0.5, 0.6) is 0 Å². The number of carbonyl (C=O) groups is 1. The van der Waals surface area contributed by atoms with Gasteiger partial charge in [0, 0.05) is 31.4 Å². The standard InChI is InChI=1S/C15H23N3O/c1-13(18-10-2-3-11-18)4-5-15(19)17-12-14-6-8-16-9-7-14/h6-9,13H,2-5,10-12H2,1H3,(H,17,19). The van der Waals surface area contributed by atoms with E-state index >= 15 is 0 Å². The highest BCUT2D eigenvalue weighted by atomic mass is 16.1. The lowest BCUT2D eigenvalue weighted by Gasteiger charge is -2.23. The maximum atomic E-state index is 11.8. The number of hydrogen-bond donors (Lipinski definition) is 1. The van der Waals surface area contributed by atoms with Crippen LogP contribution in [0, 0.1) is 0 Å². The normalized spacial score (nSPS) is 17.3. The van der Waals surface area contributed by atoms with Gasteiger partial charge in [0.25, 0.3) is 0 Å². The molecule has 4 heteroatoms. The number of carbonyl (C=O) groups excluding carboxylic acids is 1. The summed E-state index contributed by atoms with van der Waals surface area (Å²) in [5.74, 6) is 0.142. The second kappa shape index (κ2) is 7.24. The number of pyridine rings is 1. The highest BCUT2D eigenvalue weighted by Gasteiger charge is 2.18. The number of likely N-dealkylation sites (tertiary alicyclic amines) is 1. The van der Waals surface area contributed by atoms with E-state index in [9.17, 15) is 4.79 Å². The van der Waals surface area contributed by atoms with Crippen molar-refractivity contribution >= 4 is 5.91 Å². The predicted octanol–water partition coefficient (Wildman–Crippen LogP) is 1.96. The minimum absolute atomic E-state index is 0.142. The highest BCUT2D eigenvalue weighted by molar-refractivity contribution is 5.75. The Morgan fingerprint density at radius 3 is 2.74 bits per heavy atom. The minimum atomic E-state index is 0.142. The molecule has 19 heavy (non-hydrogen) atoms. The fourth-order valence-electron chi connectivity index (χ4n) is 2.49. The van der Waals surface area contributed by atoms with Crippen molar-refractivity contribution in [3.05, 3.63) is 30.1 Å². The Morgan fingerprint density at radius 2 is 2.05 bits per heavy atom. The van der Waals surface area contributed by atoms with E-state index in [0.717, 1.165) is 12.0 Å². The van der Waals surface area contributed by atoms with Gasteiger partial charge in [-0.05, 0) is 57.0 Å². The second-order valence-corrected chi connectivity index (χ2v) is 5.26. The van der Waals surface area contributed by atoms with Crippen molar-refractivity contribution in [2.75, 3.05) is 13.1 Å². The topological polar surface area (TPSA) is 45.2 Å². The molecule has 104 valence electrons. The number of hydrogen-bond acceptors (Lipinski definition) is 3. The molecule has 0 radical (unpaired) electrons. The number of nitrogens with zero attached hydrogens (tertiary/aromatic N) is 2. The number of nitrogens with one attached hydrogen (secondary N) is 1. The largest absolute Gasteiger partial charge is 0.352 e. The summed E-state index contributed by atoms with van der Waals surface area (Å²) in [6, 6.07) is 4.37. The molecule has 2 rings (SSSR count). The van der Waals surface area contributed by atoms with Crippen LogP contribution in [0.4, 0.5) is 0 Å². The summed E-state index contributed by atoms with van der Waals surface area (Å²) >= 11 is 0. The molecule has 1 N–H and O–H groups in total. The quantitative estimate of drug-likeness (QED) is 0.851. The zero-order valence-electron chi connectivity index (χ0n) is 11.6. The van der Waals surface area contributed by atoms with E-state index < -0.39 is 0 Å². The molecule has 0 bridgehead atoms. The minimum Gasteiger partial charge on any atom is -0.352 e. The Labute approximate surface area is 115 Å². The van der Waals surface area contributed by atoms with Crippen molar-refractivity contribution in [1.29, 1.82) is 0 Å². The van der Waals surface area contributed by atoms with Gasteiger partial charge in [-0.25, -0.2) is 0 Å². The Morgan fingerprint density at radius 1 is 1.37 bits per heavy atom. The number of rotatable bonds is 6. The molecular formula is C15H23N3O. The monoisotopic (exact) mass is 261 g/mol. The first-order valence-electron chi connectivity index (χ1n) is 7.15. The smallest absolute Gasteiger partial charge is 0.220 e. The van der Waals surface area contributed by atoms with Crippen molar-refractivity contribution < 1.29 is 4.79 Å². The highest BCUT2D eigenvalue weighted by Crippen LogP contribution is 2.14. The Balaban J connectivity index is 1.64. The lowest BCUT2D eigenvalue weighted by molar-refractivity contribution is -0.121. The van der Waals surface area contributed by atoms with Gasteiger partial charge in [0.05, 0.1) is 0 Å². The van der Waals surface area contributed by atoms with E-state index in [0.29, 0.717) is 19.0 Å². The van der Waals surface area contributed by atoms with E-state index in [1.807, 2.05) is 12.1 Å². The van der Waals surface area contributed by atoms with E-state index in [1.165, 1.54) is 25.9 Å². The van der Waals surface area contributed by atoms with Gasteiger partial charge >= 0.3 is 0 Å². The van der Waals surface area contributed by atoms with Gasteiger partial charge in [-0.3, -0.25) is 9.78 Å². The van der Waals surface area contributed by atoms with E-state index in [-0.39, 0.29) is 5.91 Å². The first kappa shape index (κ1) is 14.0. The molecule has 1 aliphatic rings. The second-order valence-electron chi connectivity index (χ2n) is 5.26. The van der Waals surface area contributed by atoms with Crippen LogP contribution in [0.3, 0.4) is 0 Å². The van der Waals surface area contributed by atoms with Gasteiger partial charge in [-0.15, -0.1) is 0 Å². The molecule has 1 aromatic rings. The van der Waals surface area contributed by atoms with E-state index in [4.69, 9.17) is 0 Å². The average molecular weight is 261 g/mol. The molecule has 1 fully saturated rings. The van der Waals surface area contributed by atoms with Crippen LogP contribution in [-0.4, -0.2) is 34.9 Å². The zero-order valence-corrected chi connectivity index (χ0v) is 11.6. The van der Waals surface area contributed by atoms with Crippen LogP contribution in [0.25, 0.3) is 0 Å². The average Bonchev–Trinajstić information content (AvgIpc) is 2.98. The van der Waals surface area contributed by atoms with Crippen LogP contribution < -0.4 is 5.32 Å². The molecular weight excluding hydrogens is 238 g/mol. The van der Waals surface area contributed by atoms with Crippen LogP contribution in [0.2, 0.25) is 0 Å². The predicted molar refractivity (Wildman–Crippen MR) is 75.6 cm³/mol. The van der Waals surface area contributed by atoms with Crippen LogP contribution in [-0.2, 0) is 11.3 Å². The lowest BCUT2D eigenvalue weighted by atomic mass is 10.1. The summed E-state index contributed by atoms with van der Waals surface area (Å²) < 4.78 is 0. The van der Waals surface area contributed by atoms with Gasteiger partial charge < -0.3 is 10.2 Å². The third-order valence-electron chi connectivity index (χ3n) is 3.79. The fraction of sp³-hybridized carbons (Fsp3) is 0.600. The van der Waals surface area contributed by atoms with Crippen LogP contribution in [0.15, 0.2) is 24.5 Å². The summed E-state index contributed by atoms with van der Waals surface area (Å²) in [4.78, 5) is 18.2. The Bertz CT molecular complexity index is 388. The summed E-state index contributed by atoms with van der Waals surface area (Å²) in [5, 5.41) is 2.96. The molecule has 0 saturated carbocycles. The van der Waals surface area contributed by atoms with Crippen molar-refractivity contribution in [3.63, 3.8) is 0 Å². The third-order valence-corrected chi connectivity index (χ3v) is 3.79. The molecule has 1 amide bonds. The molecule has 4 nitrogen and oxygen atoms in total. The third kappa shape index (κ3) is 4.63. The molecule has 1 unspecified atom stereocenters. The Kier molecular flexibility index (Phi) is 5.33. The summed E-state index contributed by atoms with van der Waals surface area (Å²) in [7, 11) is 0. The van der Waals surface area contributed by atoms with Crippen molar-refractivity contribution in [2.24, 2.45) is 0 Å². The SMILES string of the molecule is CC(CCC(=O)NCc1ccncc1)N1CCCC1. The molecule has 1 atom stereocenters. The number of amides is 1. The first-order chi connectivity index (χ1) is 9.25. The van der Waals surface area contributed by atoms with Gasteiger partial charge in [0.1, 0.15) is 0 Å². The maximum absolute atomic E-state index is 11.8. The molecule has 1 saturated heterocycles. The van der Waals surface area contributed by atoms with Crippen molar-refractivity contribution in [3.8, 4) is 0 Å². The molecule has 2 heterocycles. The van der Waals surface area contributed by atoms with Crippen molar-refractivity contribution in [2.45, 2.75) is 45.2 Å². The van der Waals surface area contributed by atoms with Gasteiger partial charge in [-0.2, -0.15) is 0 Å². The van der Waals surface area contributed by atoms with Gasteiger partial charge in [0.2, 0.25) is 5.91 Å². The van der Waals surface area contributed by atoms with Gasteiger partial charge in [0.15, 0.2) is 0 Å². The van der Waals surface area contributed by atoms with E-state index in [2.05, 4.69) is 22.1 Å². The summed E-state index contributed by atoms with van der Waals surface area (Å²) in [6.07, 6.45) is 7.66. The molecule has 0 aliphatic carbocycles. The summed E-state index contributed by atoms with van der Waals surface area (Å²) in [6.45, 7) is 5.21.